The van der Waals surface area contributed by atoms with Crippen LogP contribution in [0.2, 0.25) is 0 Å². The molecular weight excluding hydrogens is 899 g/mol. The highest BCUT2D eigenvalue weighted by Crippen LogP contribution is 2.70. The predicted octanol–water partition coefficient (Wildman–Crippen LogP) is 11.2. The van der Waals surface area contributed by atoms with Crippen LogP contribution in [0.4, 0.5) is 145 Å². The van der Waals surface area contributed by atoms with Gasteiger partial charge in [0, 0.05) is 5.57 Å². The van der Waals surface area contributed by atoms with E-state index in [1.807, 2.05) is 6.58 Å². The number of alkyl halides is 33. The molecule has 0 heterocycles. The van der Waals surface area contributed by atoms with Crippen molar-refractivity contribution in [3.63, 3.8) is 0 Å². The molecule has 55 heavy (non-hydrogen) atoms. The molecule has 0 bridgehead atoms. The van der Waals surface area contributed by atoms with Gasteiger partial charge in [-0.05, 0) is 6.92 Å². The average molecular weight is 904 g/mol. The van der Waals surface area contributed by atoms with Crippen LogP contribution in [-0.4, -0.2) is 101 Å². The molecule has 2 nitrogen and oxygen atoms in total. The summed E-state index contributed by atoms with van der Waals surface area (Å²) >= 11 is 0. The maximum atomic E-state index is 15.1. The minimum Gasteiger partial charge on any atom is -0.413 e. The van der Waals surface area contributed by atoms with Crippen molar-refractivity contribution in [2.24, 2.45) is 0 Å². The summed E-state index contributed by atoms with van der Waals surface area (Å²) in [5.74, 6) is -140. The Morgan fingerprint density at radius 1 is 0.309 bits per heavy atom. The Morgan fingerprint density at radius 3 is 0.600 bits per heavy atom. The van der Waals surface area contributed by atoms with Crippen LogP contribution in [0, 0.1) is 0 Å². The Labute approximate surface area is 276 Å². The molecule has 0 aliphatic carbocycles. The summed E-state index contributed by atoms with van der Waals surface area (Å²) in [6.45, 7) is 1.52. The quantitative estimate of drug-likeness (QED) is 0.0930. The molecule has 0 radical (unpaired) electrons. The summed E-state index contributed by atoms with van der Waals surface area (Å²) in [7, 11) is 0. The molecule has 0 rings (SSSR count). The van der Waals surface area contributed by atoms with E-state index in [4.69, 9.17) is 0 Å². The number of carbonyl (C=O) groups excluding carboxylic acids is 1. The molecule has 0 aromatic carbocycles. The highest BCUT2D eigenvalue weighted by Gasteiger charge is 3.02. The number of ether oxygens (including phenoxy) is 1. The van der Waals surface area contributed by atoms with E-state index in [2.05, 4.69) is 0 Å². The lowest BCUT2D eigenvalue weighted by Gasteiger charge is -2.48. The lowest BCUT2D eigenvalue weighted by Crippen LogP contribution is -2.81. The fraction of sp³-hybridized carbons (Fsp3) is 0.850. The molecule has 0 aliphatic heterocycles. The van der Waals surface area contributed by atoms with Gasteiger partial charge in [-0.3, -0.25) is 0 Å². The zero-order valence-electron chi connectivity index (χ0n) is 24.0. The van der Waals surface area contributed by atoms with E-state index in [0.29, 0.717) is 0 Å². The number of halogens is 33. The van der Waals surface area contributed by atoms with Crippen molar-refractivity contribution < 1.29 is 154 Å². The van der Waals surface area contributed by atoms with Crippen LogP contribution in [0.1, 0.15) is 6.92 Å². The van der Waals surface area contributed by atoms with Gasteiger partial charge in [-0.15, -0.1) is 0 Å². The fourth-order valence-corrected chi connectivity index (χ4v) is 3.07. The second kappa shape index (κ2) is 12.7. The molecule has 1 unspecified atom stereocenters. The third-order valence-corrected chi connectivity index (χ3v) is 6.44. The first kappa shape index (κ1) is 51.9. The largest absolute Gasteiger partial charge is 0.460 e. The van der Waals surface area contributed by atoms with Gasteiger partial charge < -0.3 is 4.74 Å². The van der Waals surface area contributed by atoms with Crippen molar-refractivity contribution in [1.82, 2.24) is 0 Å². The van der Waals surface area contributed by atoms with Gasteiger partial charge in [0.1, 0.15) is 0 Å². The molecule has 0 fully saturated rings. The number of rotatable bonds is 15. The molecule has 0 aliphatic rings. The Morgan fingerprint density at radius 2 is 0.455 bits per heavy atom. The number of carbonyl (C=O) groups is 1. The lowest BCUT2D eigenvalue weighted by atomic mass is 9.82. The van der Waals surface area contributed by atoms with Crippen LogP contribution in [0.3, 0.4) is 0 Å². The number of hydrogen-bond donors (Lipinski definition) is 0. The minimum absolute atomic E-state index is 0.399. The third kappa shape index (κ3) is 6.13. The number of hydrogen-bond acceptors (Lipinski definition) is 2. The molecule has 1 atom stereocenters. The molecule has 0 N–H and O–H groups in total. The first-order valence-corrected chi connectivity index (χ1v) is 11.7. The highest BCUT2D eigenvalue weighted by atomic mass is 19.4. The summed E-state index contributed by atoms with van der Waals surface area (Å²) in [6, 6.07) is 0. The van der Waals surface area contributed by atoms with Gasteiger partial charge >= 0.3 is 101 Å². The molecule has 0 spiro atoms. The zero-order valence-corrected chi connectivity index (χ0v) is 24.0. The Bertz CT molecular complexity index is 1460. The number of esters is 1. The monoisotopic (exact) mass is 904 g/mol. The van der Waals surface area contributed by atoms with Crippen LogP contribution in [0.5, 0.6) is 0 Å². The van der Waals surface area contributed by atoms with Gasteiger partial charge in [0.15, 0.2) is 0 Å². The van der Waals surface area contributed by atoms with Crippen LogP contribution < -0.4 is 0 Å². The summed E-state index contributed by atoms with van der Waals surface area (Å²) < 4.78 is 449. The SMILES string of the molecule is C=C(C)C(=O)OC(F)(C(F)(F)C(F)(F)C(F)(F)C(F)(F)C(F)(F)C(F)(F)F)C(F)(F)C(F)(F)C(F)(F)C(F)(F)C(F)(F)C(F)(F)C(F)(F)C(F)(F)C(F)(F)F. The van der Waals surface area contributed by atoms with E-state index in [1.54, 1.807) is 4.74 Å². The molecule has 0 saturated heterocycles. The molecular formula is C20H5F33O2. The molecule has 0 aromatic rings. The van der Waals surface area contributed by atoms with Crippen molar-refractivity contribution in [3.05, 3.63) is 12.2 Å². The molecule has 0 aromatic heterocycles. The minimum atomic E-state index is -10.2. The van der Waals surface area contributed by atoms with Gasteiger partial charge in [0.2, 0.25) is 0 Å². The summed E-state index contributed by atoms with van der Waals surface area (Å²) in [5, 5.41) is 0. The Hall–Kier alpha value is -3.10. The molecule has 35 heteroatoms. The van der Waals surface area contributed by atoms with Crippen molar-refractivity contribution in [2.45, 2.75) is 102 Å². The predicted molar refractivity (Wildman–Crippen MR) is 101 cm³/mol. The second-order valence-corrected chi connectivity index (χ2v) is 10.2. The van der Waals surface area contributed by atoms with Gasteiger partial charge in [0.25, 0.3) is 0 Å². The molecule has 328 valence electrons. The Balaban J connectivity index is 8.35. The third-order valence-electron chi connectivity index (χ3n) is 6.44. The summed E-state index contributed by atoms with van der Waals surface area (Å²) in [5.41, 5.74) is -2.36. The van der Waals surface area contributed by atoms with E-state index >= 15 is 4.39 Å². The van der Waals surface area contributed by atoms with Crippen molar-refractivity contribution in [1.29, 1.82) is 0 Å². The molecule has 0 saturated carbocycles. The topological polar surface area (TPSA) is 26.3 Å². The summed E-state index contributed by atoms with van der Waals surface area (Å²) in [4.78, 5) is 11.3. The maximum Gasteiger partial charge on any atom is 0.460 e. The van der Waals surface area contributed by atoms with Gasteiger partial charge in [-0.25, -0.2) is 4.79 Å². The first-order valence-electron chi connectivity index (χ1n) is 11.7. The molecule has 0 amide bonds. The van der Waals surface area contributed by atoms with E-state index in [0.717, 1.165) is 0 Å². The zero-order chi connectivity index (χ0) is 45.9. The fourth-order valence-electron chi connectivity index (χ4n) is 3.07. The van der Waals surface area contributed by atoms with Crippen molar-refractivity contribution in [3.8, 4) is 0 Å². The van der Waals surface area contributed by atoms with Crippen molar-refractivity contribution in [2.75, 3.05) is 0 Å². The van der Waals surface area contributed by atoms with E-state index in [9.17, 15) is 145 Å². The first-order chi connectivity index (χ1) is 23.1. The van der Waals surface area contributed by atoms with Crippen molar-refractivity contribution >= 4 is 5.97 Å². The summed E-state index contributed by atoms with van der Waals surface area (Å²) in [6.07, 6.45) is -16.8. The van der Waals surface area contributed by atoms with Crippen LogP contribution >= 0.6 is 0 Å². The van der Waals surface area contributed by atoms with Gasteiger partial charge in [-0.2, -0.15) is 145 Å². The standard InChI is InChI=1S/C20H5F33O2/c1-3(2)4(54)55-18(47,15(41,42)11(33,34)9(29,30)13(37,38)17(45,46)20(51,52)53)14(39,40)10(31,32)7(25,26)5(21,22)6(23,24)8(27,28)12(35,36)16(43,44)19(48,49)50/h1H2,2H3. The normalized spacial score (nSPS) is 17.6. The van der Waals surface area contributed by atoms with E-state index in [1.165, 1.54) is 0 Å². The second-order valence-electron chi connectivity index (χ2n) is 10.2. The van der Waals surface area contributed by atoms with Crippen LogP contribution in [0.25, 0.3) is 0 Å². The van der Waals surface area contributed by atoms with Crippen LogP contribution in [-0.2, 0) is 9.53 Å². The highest BCUT2D eigenvalue weighted by molar-refractivity contribution is 5.87. The van der Waals surface area contributed by atoms with Gasteiger partial charge in [-0.1, -0.05) is 6.58 Å². The smallest absolute Gasteiger partial charge is 0.413 e. The Kier molecular flexibility index (Phi) is 12.0. The lowest BCUT2D eigenvalue weighted by molar-refractivity contribution is -0.499. The average Bonchev–Trinajstić information content (AvgIpc) is 2.94. The van der Waals surface area contributed by atoms with Gasteiger partial charge in [0.05, 0.1) is 0 Å². The van der Waals surface area contributed by atoms with E-state index < -0.39 is 114 Å². The maximum absolute atomic E-state index is 15.1. The van der Waals surface area contributed by atoms with Crippen LogP contribution in [0.15, 0.2) is 12.2 Å². The van der Waals surface area contributed by atoms with E-state index in [-0.39, 0.29) is 0 Å².